The van der Waals surface area contributed by atoms with Gasteiger partial charge in [-0.1, -0.05) is 13.8 Å². The lowest BCUT2D eigenvalue weighted by molar-refractivity contribution is 0.0691. The summed E-state index contributed by atoms with van der Waals surface area (Å²) in [6, 6.07) is 2.70. The van der Waals surface area contributed by atoms with E-state index < -0.39 is 11.8 Å². The Balaban J connectivity index is 1.86. The van der Waals surface area contributed by atoms with Gasteiger partial charge in [0.05, 0.1) is 5.56 Å². The Bertz CT molecular complexity index is 596. The van der Waals surface area contributed by atoms with Gasteiger partial charge in [0.15, 0.2) is 0 Å². The first-order chi connectivity index (χ1) is 10.4. The lowest BCUT2D eigenvalue weighted by atomic mass is 9.84. The summed E-state index contributed by atoms with van der Waals surface area (Å²) in [5, 5.41) is 12.4. The monoisotopic (exact) mass is 307 g/mol. The van der Waals surface area contributed by atoms with Crippen LogP contribution in [0.5, 0.6) is 5.75 Å². The van der Waals surface area contributed by atoms with Crippen molar-refractivity contribution >= 4 is 5.97 Å². The highest BCUT2D eigenvalue weighted by Gasteiger charge is 2.33. The number of ether oxygens (including phenoxy) is 1. The van der Waals surface area contributed by atoms with Crippen molar-refractivity contribution in [3.63, 3.8) is 0 Å². The summed E-state index contributed by atoms with van der Waals surface area (Å²) in [5.74, 6) is -1.14. The number of halogens is 1. The smallest absolute Gasteiger partial charge is 0.338 e. The Kier molecular flexibility index (Phi) is 3.85. The zero-order chi connectivity index (χ0) is 15.9. The Morgan fingerprint density at radius 3 is 2.73 bits per heavy atom. The van der Waals surface area contributed by atoms with Gasteiger partial charge in [0, 0.05) is 19.2 Å². The van der Waals surface area contributed by atoms with Crippen LogP contribution in [0.25, 0.3) is 0 Å². The molecule has 0 aromatic heterocycles. The molecule has 1 heterocycles. The summed E-state index contributed by atoms with van der Waals surface area (Å²) in [5.41, 5.74) is 0.709. The minimum absolute atomic E-state index is 0.0173. The van der Waals surface area contributed by atoms with Gasteiger partial charge in [-0.2, -0.15) is 0 Å². The van der Waals surface area contributed by atoms with Crippen LogP contribution in [0.4, 0.5) is 4.39 Å². The van der Waals surface area contributed by atoms with Gasteiger partial charge in [0.1, 0.15) is 17.7 Å². The van der Waals surface area contributed by atoms with Crippen molar-refractivity contribution < 1.29 is 19.0 Å². The summed E-state index contributed by atoms with van der Waals surface area (Å²) in [4.78, 5) is 11.1. The second-order valence-electron chi connectivity index (χ2n) is 7.19. The molecule has 0 amide bonds. The lowest BCUT2D eigenvalue weighted by Crippen LogP contribution is -2.46. The summed E-state index contributed by atoms with van der Waals surface area (Å²) in [6.45, 7) is 6.02. The third kappa shape index (κ3) is 3.24. The largest absolute Gasteiger partial charge is 0.489 e. The van der Waals surface area contributed by atoms with E-state index in [4.69, 9.17) is 9.84 Å². The van der Waals surface area contributed by atoms with Crippen molar-refractivity contribution in [2.24, 2.45) is 5.41 Å². The number of hydrogen-bond acceptors (Lipinski definition) is 3. The van der Waals surface area contributed by atoms with E-state index >= 15 is 0 Å². The Hall–Kier alpha value is -1.62. The summed E-state index contributed by atoms with van der Waals surface area (Å²) < 4.78 is 20.0. The van der Waals surface area contributed by atoms with Gasteiger partial charge in [-0.25, -0.2) is 9.18 Å². The maximum atomic E-state index is 14.0. The molecular weight excluding hydrogens is 285 g/mol. The van der Waals surface area contributed by atoms with E-state index in [-0.39, 0.29) is 17.1 Å². The predicted octanol–water partition coefficient (Wildman–Crippen LogP) is 3.17. The van der Waals surface area contributed by atoms with Crippen LogP contribution in [0.15, 0.2) is 12.1 Å². The molecule has 5 heteroatoms. The second kappa shape index (κ2) is 5.54. The topological polar surface area (TPSA) is 58.6 Å². The molecule has 1 saturated heterocycles. The van der Waals surface area contributed by atoms with Crippen LogP contribution in [0, 0.1) is 11.2 Å². The fourth-order valence-electron chi connectivity index (χ4n) is 3.15. The Labute approximate surface area is 129 Å². The molecule has 4 nitrogen and oxygen atoms in total. The number of carbonyl (C=O) groups is 1. The Morgan fingerprint density at radius 1 is 1.41 bits per heavy atom. The lowest BCUT2D eigenvalue weighted by Gasteiger charge is -2.36. The third-order valence-corrected chi connectivity index (χ3v) is 4.40. The summed E-state index contributed by atoms with van der Waals surface area (Å²) in [7, 11) is 0. The molecule has 3 rings (SSSR count). The minimum Gasteiger partial charge on any atom is -0.489 e. The van der Waals surface area contributed by atoms with E-state index in [0.29, 0.717) is 11.7 Å². The van der Waals surface area contributed by atoms with Crippen molar-refractivity contribution in [2.45, 2.75) is 45.1 Å². The number of benzene rings is 1. The molecule has 0 spiro atoms. The number of carboxylic acids is 1. The molecular formula is C17H22FNO3. The van der Waals surface area contributed by atoms with Gasteiger partial charge >= 0.3 is 5.97 Å². The van der Waals surface area contributed by atoms with Crippen molar-refractivity contribution in [2.75, 3.05) is 13.1 Å². The molecule has 2 fully saturated rings. The van der Waals surface area contributed by atoms with Gasteiger partial charge in [0.25, 0.3) is 0 Å². The minimum atomic E-state index is -1.23. The van der Waals surface area contributed by atoms with E-state index in [2.05, 4.69) is 19.2 Å². The molecule has 120 valence electrons. The summed E-state index contributed by atoms with van der Waals surface area (Å²) >= 11 is 0. The predicted molar refractivity (Wildman–Crippen MR) is 81.0 cm³/mol. The van der Waals surface area contributed by atoms with Gasteiger partial charge in [-0.3, -0.25) is 0 Å². The van der Waals surface area contributed by atoms with Gasteiger partial charge in [0.2, 0.25) is 0 Å². The quantitative estimate of drug-likeness (QED) is 0.897. The number of hydrogen-bond donors (Lipinski definition) is 2. The first-order valence-electron chi connectivity index (χ1n) is 7.80. The normalized spacial score (nSPS) is 24.0. The highest BCUT2D eigenvalue weighted by Crippen LogP contribution is 2.45. The maximum Gasteiger partial charge on any atom is 0.338 e. The molecule has 1 aliphatic heterocycles. The zero-order valence-electron chi connectivity index (χ0n) is 13.0. The van der Waals surface area contributed by atoms with E-state index in [9.17, 15) is 9.18 Å². The first kappa shape index (κ1) is 15.3. The van der Waals surface area contributed by atoms with Crippen molar-refractivity contribution in [3.8, 4) is 5.75 Å². The number of piperidine rings is 1. The number of aromatic carboxylic acids is 1. The van der Waals surface area contributed by atoms with Crippen LogP contribution in [-0.4, -0.2) is 30.3 Å². The zero-order valence-corrected chi connectivity index (χ0v) is 13.0. The van der Waals surface area contributed by atoms with Gasteiger partial charge in [-0.15, -0.1) is 0 Å². The average Bonchev–Trinajstić information content (AvgIpc) is 3.21. The Morgan fingerprint density at radius 2 is 2.14 bits per heavy atom. The van der Waals surface area contributed by atoms with E-state index in [1.807, 2.05) is 0 Å². The molecule has 1 aliphatic carbocycles. The van der Waals surface area contributed by atoms with Crippen LogP contribution in [0.1, 0.15) is 54.9 Å². The van der Waals surface area contributed by atoms with Crippen LogP contribution in [-0.2, 0) is 0 Å². The van der Waals surface area contributed by atoms with Gasteiger partial charge < -0.3 is 15.2 Å². The average molecular weight is 307 g/mol. The van der Waals surface area contributed by atoms with Crippen molar-refractivity contribution in [1.82, 2.24) is 5.32 Å². The van der Waals surface area contributed by atoms with E-state index in [1.54, 1.807) is 0 Å². The van der Waals surface area contributed by atoms with E-state index in [1.165, 1.54) is 12.1 Å². The first-order valence-corrected chi connectivity index (χ1v) is 7.80. The standard InChI is InChI=1S/C17H22FNO3/c1-17(2)7-11(8-19-9-17)22-15-6-14(18)13(16(20)21)5-12(15)10-3-4-10/h5-6,10-11,19H,3-4,7-9H2,1-2H3,(H,20,21). The second-order valence-corrected chi connectivity index (χ2v) is 7.19. The molecule has 1 atom stereocenters. The molecule has 1 aromatic rings. The van der Waals surface area contributed by atoms with Crippen LogP contribution < -0.4 is 10.1 Å². The number of rotatable bonds is 4. The fraction of sp³-hybridized carbons (Fsp3) is 0.588. The van der Waals surface area contributed by atoms with Crippen molar-refractivity contribution in [3.05, 3.63) is 29.1 Å². The SMILES string of the molecule is CC1(C)CNCC(Oc2cc(F)c(C(=O)O)cc2C2CC2)C1. The highest BCUT2D eigenvalue weighted by molar-refractivity contribution is 5.88. The molecule has 0 radical (unpaired) electrons. The molecule has 22 heavy (non-hydrogen) atoms. The third-order valence-electron chi connectivity index (χ3n) is 4.40. The van der Waals surface area contributed by atoms with Crippen LogP contribution in [0.3, 0.4) is 0 Å². The van der Waals surface area contributed by atoms with E-state index in [0.717, 1.165) is 37.9 Å². The molecule has 1 aromatic carbocycles. The molecule has 1 unspecified atom stereocenters. The summed E-state index contributed by atoms with van der Waals surface area (Å²) in [6.07, 6.45) is 2.90. The molecule has 1 saturated carbocycles. The molecule has 2 N–H and O–H groups in total. The number of nitrogens with one attached hydrogen (secondary N) is 1. The fourth-order valence-corrected chi connectivity index (χ4v) is 3.15. The molecule has 0 bridgehead atoms. The van der Waals surface area contributed by atoms with Gasteiger partial charge in [-0.05, 0) is 42.2 Å². The molecule has 2 aliphatic rings. The van der Waals surface area contributed by atoms with Crippen LogP contribution in [0.2, 0.25) is 0 Å². The maximum absolute atomic E-state index is 14.0. The highest BCUT2D eigenvalue weighted by atomic mass is 19.1. The van der Waals surface area contributed by atoms with Crippen molar-refractivity contribution in [1.29, 1.82) is 0 Å². The van der Waals surface area contributed by atoms with Crippen LogP contribution >= 0.6 is 0 Å². The number of carboxylic acid groups (broad SMARTS) is 1.